The molecule has 1 heterocycles. The molecule has 0 radical (unpaired) electrons. The Morgan fingerprint density at radius 2 is 2.13 bits per heavy atom. The molecule has 0 aliphatic carbocycles. The monoisotopic (exact) mass is 207 g/mol. The minimum absolute atomic E-state index is 0.240. The Labute approximate surface area is 87.6 Å². The number of anilines is 1. The standard InChI is InChI=1S/C11H13NO3/c13-8-5-7-3-1-2-4-9(7)12-10(6-8)11(14)15/h1-4,8,10,12-13H,5-6H2,(H,14,15)/t8-,10+/m0/s1. The van der Waals surface area contributed by atoms with Crippen LogP contribution in [0.25, 0.3) is 0 Å². The first-order valence-corrected chi connectivity index (χ1v) is 4.92. The third-order valence-electron chi connectivity index (χ3n) is 2.61. The maximum Gasteiger partial charge on any atom is 0.326 e. The van der Waals surface area contributed by atoms with Crippen LogP contribution >= 0.6 is 0 Å². The predicted octanol–water partition coefficient (Wildman–Crippen LogP) is 0.859. The van der Waals surface area contributed by atoms with Gasteiger partial charge in [-0.2, -0.15) is 0 Å². The van der Waals surface area contributed by atoms with Gasteiger partial charge < -0.3 is 15.5 Å². The minimum atomic E-state index is -0.925. The lowest BCUT2D eigenvalue weighted by molar-refractivity contribution is -0.138. The first-order valence-electron chi connectivity index (χ1n) is 4.92. The van der Waals surface area contributed by atoms with Gasteiger partial charge in [-0.1, -0.05) is 18.2 Å². The molecule has 1 aromatic carbocycles. The van der Waals surface area contributed by atoms with Crippen molar-refractivity contribution >= 4 is 11.7 Å². The highest BCUT2D eigenvalue weighted by molar-refractivity contribution is 5.78. The van der Waals surface area contributed by atoms with Gasteiger partial charge >= 0.3 is 5.97 Å². The normalized spacial score (nSPS) is 24.9. The van der Waals surface area contributed by atoms with E-state index >= 15 is 0 Å². The van der Waals surface area contributed by atoms with Crippen LogP contribution in [0.15, 0.2) is 24.3 Å². The summed E-state index contributed by atoms with van der Waals surface area (Å²) in [6.45, 7) is 0. The summed E-state index contributed by atoms with van der Waals surface area (Å²) in [4.78, 5) is 10.9. The van der Waals surface area contributed by atoms with E-state index in [1.54, 1.807) is 0 Å². The van der Waals surface area contributed by atoms with Crippen LogP contribution in [-0.2, 0) is 11.2 Å². The zero-order valence-corrected chi connectivity index (χ0v) is 8.18. The fourth-order valence-corrected chi connectivity index (χ4v) is 1.86. The van der Waals surface area contributed by atoms with Gasteiger partial charge in [-0.05, 0) is 11.6 Å². The minimum Gasteiger partial charge on any atom is -0.480 e. The van der Waals surface area contributed by atoms with Gasteiger partial charge in [0.2, 0.25) is 0 Å². The molecular formula is C11H13NO3. The quantitative estimate of drug-likeness (QED) is 0.638. The van der Waals surface area contributed by atoms with Gasteiger partial charge in [-0.15, -0.1) is 0 Å². The van der Waals surface area contributed by atoms with E-state index in [0.29, 0.717) is 6.42 Å². The number of hydrogen-bond donors (Lipinski definition) is 3. The van der Waals surface area contributed by atoms with Gasteiger partial charge in [0.15, 0.2) is 0 Å². The smallest absolute Gasteiger partial charge is 0.326 e. The molecule has 1 aliphatic rings. The van der Waals surface area contributed by atoms with Gasteiger partial charge in [0.05, 0.1) is 6.10 Å². The molecule has 15 heavy (non-hydrogen) atoms. The molecular weight excluding hydrogens is 194 g/mol. The van der Waals surface area contributed by atoms with Crippen LogP contribution in [0.4, 0.5) is 5.69 Å². The molecule has 0 aromatic heterocycles. The van der Waals surface area contributed by atoms with Crippen LogP contribution in [0, 0.1) is 0 Å². The Kier molecular flexibility index (Phi) is 2.60. The predicted molar refractivity (Wildman–Crippen MR) is 55.8 cm³/mol. The Morgan fingerprint density at radius 3 is 2.87 bits per heavy atom. The van der Waals surface area contributed by atoms with E-state index in [2.05, 4.69) is 5.32 Å². The lowest BCUT2D eigenvalue weighted by atomic mass is 10.0. The average molecular weight is 207 g/mol. The van der Waals surface area contributed by atoms with E-state index in [9.17, 15) is 9.90 Å². The number of aliphatic hydroxyl groups is 1. The van der Waals surface area contributed by atoms with Crippen molar-refractivity contribution in [1.82, 2.24) is 0 Å². The van der Waals surface area contributed by atoms with Crippen LogP contribution in [0.3, 0.4) is 0 Å². The second kappa shape index (κ2) is 3.90. The van der Waals surface area contributed by atoms with Crippen LogP contribution < -0.4 is 5.32 Å². The Hall–Kier alpha value is -1.55. The summed E-state index contributed by atoms with van der Waals surface area (Å²) in [5.74, 6) is -0.925. The summed E-state index contributed by atoms with van der Waals surface area (Å²) in [5.41, 5.74) is 1.77. The fourth-order valence-electron chi connectivity index (χ4n) is 1.86. The van der Waals surface area contributed by atoms with Crippen molar-refractivity contribution in [1.29, 1.82) is 0 Å². The molecule has 3 N–H and O–H groups in total. The third kappa shape index (κ3) is 2.10. The van der Waals surface area contributed by atoms with Gasteiger partial charge in [0, 0.05) is 18.5 Å². The fraction of sp³-hybridized carbons (Fsp3) is 0.364. The number of carbonyl (C=O) groups is 1. The molecule has 2 rings (SSSR count). The molecule has 2 atom stereocenters. The molecule has 4 heteroatoms. The molecule has 4 nitrogen and oxygen atoms in total. The SMILES string of the molecule is O=C(O)[C@H]1C[C@@H](O)Cc2ccccc2N1. The maximum absolute atomic E-state index is 10.9. The first kappa shape index (κ1) is 9.98. The summed E-state index contributed by atoms with van der Waals surface area (Å²) >= 11 is 0. The van der Waals surface area contributed by atoms with Crippen molar-refractivity contribution in [2.45, 2.75) is 25.0 Å². The number of carboxylic acid groups (broad SMARTS) is 1. The summed E-state index contributed by atoms with van der Waals surface area (Å²) in [5, 5.41) is 21.5. The number of carboxylic acids is 1. The number of nitrogens with one attached hydrogen (secondary N) is 1. The van der Waals surface area contributed by atoms with E-state index in [0.717, 1.165) is 11.3 Å². The number of aliphatic hydroxyl groups excluding tert-OH is 1. The molecule has 0 spiro atoms. The van der Waals surface area contributed by atoms with Gasteiger partial charge in [0.25, 0.3) is 0 Å². The van der Waals surface area contributed by atoms with Crippen molar-refractivity contribution in [2.24, 2.45) is 0 Å². The third-order valence-corrected chi connectivity index (χ3v) is 2.61. The largest absolute Gasteiger partial charge is 0.480 e. The second-order valence-electron chi connectivity index (χ2n) is 3.79. The van der Waals surface area contributed by atoms with E-state index < -0.39 is 18.1 Å². The second-order valence-corrected chi connectivity index (χ2v) is 3.79. The lowest BCUT2D eigenvalue weighted by Gasteiger charge is -2.13. The molecule has 0 amide bonds. The van der Waals surface area contributed by atoms with Crippen LogP contribution in [0.5, 0.6) is 0 Å². The molecule has 80 valence electrons. The van der Waals surface area contributed by atoms with Crippen LogP contribution in [0.1, 0.15) is 12.0 Å². The van der Waals surface area contributed by atoms with E-state index in [1.165, 1.54) is 0 Å². The van der Waals surface area contributed by atoms with Crippen molar-refractivity contribution in [3.8, 4) is 0 Å². The number of hydrogen-bond acceptors (Lipinski definition) is 3. The number of aliphatic carboxylic acids is 1. The summed E-state index contributed by atoms with van der Waals surface area (Å²) in [7, 11) is 0. The van der Waals surface area contributed by atoms with Crippen molar-refractivity contribution in [2.75, 3.05) is 5.32 Å². The molecule has 0 bridgehead atoms. The number of rotatable bonds is 1. The highest BCUT2D eigenvalue weighted by Crippen LogP contribution is 2.23. The Balaban J connectivity index is 2.31. The van der Waals surface area contributed by atoms with Gasteiger partial charge in [-0.3, -0.25) is 0 Å². The highest BCUT2D eigenvalue weighted by Gasteiger charge is 2.25. The van der Waals surface area contributed by atoms with Crippen molar-refractivity contribution in [3.63, 3.8) is 0 Å². The van der Waals surface area contributed by atoms with Gasteiger partial charge in [-0.25, -0.2) is 4.79 Å². The van der Waals surface area contributed by atoms with E-state index in [1.807, 2.05) is 24.3 Å². The summed E-state index contributed by atoms with van der Waals surface area (Å²) in [6.07, 6.45) is 0.152. The summed E-state index contributed by atoms with van der Waals surface area (Å²) in [6, 6.07) is 6.76. The Morgan fingerprint density at radius 1 is 1.40 bits per heavy atom. The summed E-state index contributed by atoms with van der Waals surface area (Å²) < 4.78 is 0. The lowest BCUT2D eigenvalue weighted by Crippen LogP contribution is -2.31. The molecule has 0 saturated carbocycles. The zero-order valence-electron chi connectivity index (χ0n) is 8.18. The Bertz CT molecular complexity index is 378. The maximum atomic E-state index is 10.9. The van der Waals surface area contributed by atoms with Crippen LogP contribution in [-0.4, -0.2) is 28.3 Å². The first-order chi connectivity index (χ1) is 7.16. The average Bonchev–Trinajstić information content (AvgIpc) is 2.35. The highest BCUT2D eigenvalue weighted by atomic mass is 16.4. The topological polar surface area (TPSA) is 69.6 Å². The van der Waals surface area contributed by atoms with E-state index in [-0.39, 0.29) is 6.42 Å². The van der Waals surface area contributed by atoms with Crippen molar-refractivity contribution in [3.05, 3.63) is 29.8 Å². The number of fused-ring (bicyclic) bond motifs is 1. The molecule has 0 fully saturated rings. The van der Waals surface area contributed by atoms with Crippen LogP contribution in [0.2, 0.25) is 0 Å². The van der Waals surface area contributed by atoms with Gasteiger partial charge in [0.1, 0.15) is 6.04 Å². The molecule has 0 unspecified atom stereocenters. The number of para-hydroxylation sites is 1. The molecule has 0 saturated heterocycles. The van der Waals surface area contributed by atoms with Crippen molar-refractivity contribution < 1.29 is 15.0 Å². The molecule has 1 aromatic rings. The van der Waals surface area contributed by atoms with E-state index in [4.69, 9.17) is 5.11 Å². The zero-order chi connectivity index (χ0) is 10.8. The number of benzene rings is 1. The molecule has 1 aliphatic heterocycles.